The van der Waals surface area contributed by atoms with Crippen LogP contribution < -0.4 is 5.32 Å². The Hall–Kier alpha value is -3.14. The maximum absolute atomic E-state index is 12.8. The van der Waals surface area contributed by atoms with Crippen molar-refractivity contribution >= 4 is 22.5 Å². The molecule has 0 atom stereocenters. The van der Waals surface area contributed by atoms with Gasteiger partial charge < -0.3 is 10.4 Å². The van der Waals surface area contributed by atoms with E-state index in [0.29, 0.717) is 24.1 Å². The zero-order valence-electron chi connectivity index (χ0n) is 14.0. The number of phenolic OH excluding ortho intramolecular Hbond substituents is 1. The Bertz CT molecular complexity index is 933. The Balaban J connectivity index is 2.03. The van der Waals surface area contributed by atoms with Crippen molar-refractivity contribution in [1.82, 2.24) is 5.32 Å². The molecule has 0 radical (unpaired) electrons. The van der Waals surface area contributed by atoms with Crippen LogP contribution in [-0.4, -0.2) is 23.3 Å². The van der Waals surface area contributed by atoms with E-state index in [0.717, 1.165) is 16.3 Å². The van der Waals surface area contributed by atoms with Gasteiger partial charge in [-0.05, 0) is 47.0 Å². The third-order valence-electron chi connectivity index (χ3n) is 4.09. The van der Waals surface area contributed by atoms with E-state index in [2.05, 4.69) is 5.32 Å². The van der Waals surface area contributed by atoms with Gasteiger partial charge in [0.05, 0.1) is 0 Å². The number of ketones is 1. The van der Waals surface area contributed by atoms with Gasteiger partial charge in [0.1, 0.15) is 5.75 Å². The van der Waals surface area contributed by atoms with Gasteiger partial charge in [-0.15, -0.1) is 0 Å². The molecule has 3 rings (SSSR count). The fraction of sp³-hybridized carbons (Fsp3) is 0.143. The molecular weight excluding hydrogens is 314 g/mol. The first-order chi connectivity index (χ1) is 12.0. The SMILES string of the molecule is CC(=O)NCCc1cc(C(=O)c2ccccc2)cc2ccc(O)cc12. The Morgan fingerprint density at radius 2 is 1.72 bits per heavy atom. The van der Waals surface area contributed by atoms with E-state index in [-0.39, 0.29) is 17.4 Å². The number of hydrogen-bond donors (Lipinski definition) is 2. The minimum atomic E-state index is -0.0938. The zero-order chi connectivity index (χ0) is 17.8. The second-order valence-electron chi connectivity index (χ2n) is 5.97. The second-order valence-corrected chi connectivity index (χ2v) is 5.97. The number of hydrogen-bond acceptors (Lipinski definition) is 3. The summed E-state index contributed by atoms with van der Waals surface area (Å²) in [5, 5.41) is 14.3. The zero-order valence-corrected chi connectivity index (χ0v) is 14.0. The summed E-state index contributed by atoms with van der Waals surface area (Å²) in [5.41, 5.74) is 2.15. The van der Waals surface area contributed by atoms with Crippen molar-refractivity contribution in [3.05, 3.63) is 77.4 Å². The van der Waals surface area contributed by atoms with Crippen LogP contribution in [0.1, 0.15) is 28.4 Å². The summed E-state index contributed by atoms with van der Waals surface area (Å²) in [6, 6.07) is 17.9. The molecule has 126 valence electrons. The number of phenols is 1. The van der Waals surface area contributed by atoms with Crippen LogP contribution in [0.4, 0.5) is 0 Å². The van der Waals surface area contributed by atoms with Gasteiger partial charge in [-0.2, -0.15) is 0 Å². The number of carbonyl (C=O) groups excluding carboxylic acids is 2. The molecule has 0 heterocycles. The first kappa shape index (κ1) is 16.7. The summed E-state index contributed by atoms with van der Waals surface area (Å²) >= 11 is 0. The van der Waals surface area contributed by atoms with Crippen LogP contribution in [0.2, 0.25) is 0 Å². The van der Waals surface area contributed by atoms with Gasteiger partial charge in [0.2, 0.25) is 5.91 Å². The van der Waals surface area contributed by atoms with Crippen LogP contribution in [0.3, 0.4) is 0 Å². The van der Waals surface area contributed by atoms with Crippen molar-refractivity contribution in [3.63, 3.8) is 0 Å². The fourth-order valence-electron chi connectivity index (χ4n) is 2.89. The maximum atomic E-state index is 12.8. The van der Waals surface area contributed by atoms with E-state index < -0.39 is 0 Å². The van der Waals surface area contributed by atoms with Crippen molar-refractivity contribution < 1.29 is 14.7 Å². The molecule has 0 saturated heterocycles. The van der Waals surface area contributed by atoms with Gasteiger partial charge in [-0.25, -0.2) is 0 Å². The van der Waals surface area contributed by atoms with E-state index in [9.17, 15) is 14.7 Å². The number of rotatable bonds is 5. The van der Waals surface area contributed by atoms with E-state index in [1.165, 1.54) is 6.92 Å². The topological polar surface area (TPSA) is 66.4 Å². The molecule has 0 unspecified atom stereocenters. The predicted octanol–water partition coefficient (Wildman–Crippen LogP) is 3.46. The Morgan fingerprint density at radius 3 is 2.44 bits per heavy atom. The Labute approximate surface area is 146 Å². The Morgan fingerprint density at radius 1 is 0.960 bits per heavy atom. The summed E-state index contributed by atoms with van der Waals surface area (Å²) in [7, 11) is 0. The molecule has 1 amide bonds. The summed E-state index contributed by atoms with van der Waals surface area (Å²) in [6.45, 7) is 1.95. The lowest BCUT2D eigenvalue weighted by Crippen LogP contribution is -2.22. The molecule has 3 aromatic carbocycles. The maximum Gasteiger partial charge on any atom is 0.216 e. The number of aromatic hydroxyl groups is 1. The molecule has 2 N–H and O–H groups in total. The molecule has 0 bridgehead atoms. The fourth-order valence-corrected chi connectivity index (χ4v) is 2.89. The molecular formula is C21H19NO3. The van der Waals surface area contributed by atoms with Crippen molar-refractivity contribution in [2.45, 2.75) is 13.3 Å². The van der Waals surface area contributed by atoms with Gasteiger partial charge in [-0.3, -0.25) is 9.59 Å². The van der Waals surface area contributed by atoms with Gasteiger partial charge >= 0.3 is 0 Å². The minimum absolute atomic E-state index is 0.0450. The first-order valence-corrected chi connectivity index (χ1v) is 8.14. The molecule has 0 saturated carbocycles. The summed E-state index contributed by atoms with van der Waals surface area (Å²) in [6.07, 6.45) is 0.579. The van der Waals surface area contributed by atoms with Crippen LogP contribution in [0, 0.1) is 0 Å². The van der Waals surface area contributed by atoms with Gasteiger partial charge in [0.15, 0.2) is 5.78 Å². The Kier molecular flexibility index (Phi) is 4.80. The second kappa shape index (κ2) is 7.18. The minimum Gasteiger partial charge on any atom is -0.508 e. The highest BCUT2D eigenvalue weighted by molar-refractivity contribution is 6.11. The van der Waals surface area contributed by atoms with Crippen molar-refractivity contribution in [3.8, 4) is 5.75 Å². The van der Waals surface area contributed by atoms with Gasteiger partial charge in [-0.1, -0.05) is 36.4 Å². The lowest BCUT2D eigenvalue weighted by Gasteiger charge is -2.11. The van der Waals surface area contributed by atoms with Gasteiger partial charge in [0.25, 0.3) is 0 Å². The highest BCUT2D eigenvalue weighted by Crippen LogP contribution is 2.26. The van der Waals surface area contributed by atoms with E-state index in [1.54, 1.807) is 30.3 Å². The van der Waals surface area contributed by atoms with E-state index >= 15 is 0 Å². The number of nitrogens with one attached hydrogen (secondary N) is 1. The molecule has 0 aliphatic carbocycles. The highest BCUT2D eigenvalue weighted by Gasteiger charge is 2.13. The summed E-state index contributed by atoms with van der Waals surface area (Å²) < 4.78 is 0. The number of fused-ring (bicyclic) bond motifs is 1. The summed E-state index contributed by atoms with van der Waals surface area (Å²) in [5.74, 6) is 0.0374. The van der Waals surface area contributed by atoms with Gasteiger partial charge in [0, 0.05) is 24.6 Å². The first-order valence-electron chi connectivity index (χ1n) is 8.14. The molecule has 3 aromatic rings. The van der Waals surface area contributed by atoms with Crippen molar-refractivity contribution in [2.75, 3.05) is 6.54 Å². The number of amides is 1. The molecule has 0 aromatic heterocycles. The average molecular weight is 333 g/mol. The van der Waals surface area contributed by atoms with Crippen LogP contribution in [0.15, 0.2) is 60.7 Å². The lowest BCUT2D eigenvalue weighted by molar-refractivity contribution is -0.118. The molecule has 0 spiro atoms. The molecule has 0 aliphatic heterocycles. The van der Waals surface area contributed by atoms with E-state index in [1.807, 2.05) is 30.3 Å². The lowest BCUT2D eigenvalue weighted by atomic mass is 9.94. The van der Waals surface area contributed by atoms with Crippen molar-refractivity contribution in [1.29, 1.82) is 0 Å². The standard InChI is InChI=1S/C21H19NO3/c1-14(23)22-10-9-17-12-18(21(25)15-5-3-2-4-6-15)11-16-7-8-19(24)13-20(16)17/h2-8,11-13,24H,9-10H2,1H3,(H,22,23). The predicted molar refractivity (Wildman–Crippen MR) is 97.9 cm³/mol. The molecule has 4 nitrogen and oxygen atoms in total. The van der Waals surface area contributed by atoms with Crippen LogP contribution in [0.25, 0.3) is 10.8 Å². The largest absolute Gasteiger partial charge is 0.508 e. The quantitative estimate of drug-likeness (QED) is 0.703. The molecule has 0 fully saturated rings. The van der Waals surface area contributed by atoms with Crippen LogP contribution >= 0.6 is 0 Å². The number of benzene rings is 3. The number of carbonyl (C=O) groups is 2. The molecule has 0 aliphatic rings. The summed E-state index contributed by atoms with van der Waals surface area (Å²) in [4.78, 5) is 23.9. The monoisotopic (exact) mass is 333 g/mol. The normalized spacial score (nSPS) is 10.6. The van der Waals surface area contributed by atoms with Crippen molar-refractivity contribution in [2.24, 2.45) is 0 Å². The highest BCUT2D eigenvalue weighted by atomic mass is 16.3. The third kappa shape index (κ3) is 3.86. The van der Waals surface area contributed by atoms with Crippen LogP contribution in [-0.2, 0) is 11.2 Å². The van der Waals surface area contributed by atoms with E-state index in [4.69, 9.17) is 0 Å². The smallest absolute Gasteiger partial charge is 0.216 e. The molecule has 4 heteroatoms. The molecule has 25 heavy (non-hydrogen) atoms. The third-order valence-corrected chi connectivity index (χ3v) is 4.09. The van der Waals surface area contributed by atoms with Crippen LogP contribution in [0.5, 0.6) is 5.75 Å². The average Bonchev–Trinajstić information content (AvgIpc) is 2.61.